The Morgan fingerprint density at radius 1 is 1.24 bits per heavy atom. The monoisotopic (exact) mass is 225 g/mol. The van der Waals surface area contributed by atoms with Gasteiger partial charge in [0, 0.05) is 6.92 Å². The lowest BCUT2D eigenvalue weighted by Crippen LogP contribution is -2.01. The predicted octanol–water partition coefficient (Wildman–Crippen LogP) is 3.39. The van der Waals surface area contributed by atoms with Crippen LogP contribution in [-0.4, -0.2) is 5.97 Å². The minimum atomic E-state index is -0.307. The molecule has 0 N–H and O–H groups in total. The second-order valence-corrected chi connectivity index (χ2v) is 3.83. The van der Waals surface area contributed by atoms with E-state index < -0.39 is 0 Å². The van der Waals surface area contributed by atoms with Crippen LogP contribution in [0.25, 0.3) is 11.1 Å². The lowest BCUT2D eigenvalue weighted by atomic mass is 10.0. The molecule has 0 heterocycles. The Bertz CT molecular complexity index is 544. The zero-order valence-electron chi connectivity index (χ0n) is 9.86. The molecule has 2 heteroatoms. The topological polar surface area (TPSA) is 26.3 Å². The summed E-state index contributed by atoms with van der Waals surface area (Å²) in [5, 5.41) is 0. The molecule has 0 aromatic heterocycles. The first kappa shape index (κ1) is 11.4. The van der Waals surface area contributed by atoms with Gasteiger partial charge in [-0.1, -0.05) is 30.3 Å². The summed E-state index contributed by atoms with van der Waals surface area (Å²) >= 11 is 0. The Hall–Kier alpha value is -2.09. The molecule has 0 atom stereocenters. The van der Waals surface area contributed by atoms with Crippen LogP contribution >= 0.6 is 0 Å². The van der Waals surface area contributed by atoms with Crippen LogP contribution in [-0.2, 0) is 4.79 Å². The molecule has 0 saturated carbocycles. The van der Waals surface area contributed by atoms with Gasteiger partial charge in [0.15, 0.2) is 0 Å². The van der Waals surface area contributed by atoms with Crippen molar-refractivity contribution in [3.8, 4) is 16.9 Å². The Morgan fingerprint density at radius 2 is 2.06 bits per heavy atom. The number of carbonyl (C=O) groups is 1. The summed E-state index contributed by atoms with van der Waals surface area (Å²) in [7, 11) is 0. The number of rotatable bonds is 2. The van der Waals surface area contributed by atoms with Gasteiger partial charge >= 0.3 is 5.97 Å². The molecular formula is C15H13O2. The fourth-order valence-electron chi connectivity index (χ4n) is 1.73. The van der Waals surface area contributed by atoms with Crippen LogP contribution in [0.2, 0.25) is 0 Å². The summed E-state index contributed by atoms with van der Waals surface area (Å²) in [6.45, 7) is 3.40. The summed E-state index contributed by atoms with van der Waals surface area (Å²) < 4.78 is 5.07. The largest absolute Gasteiger partial charge is 0.427 e. The molecule has 0 fully saturated rings. The van der Waals surface area contributed by atoms with Crippen LogP contribution in [0.15, 0.2) is 42.5 Å². The zero-order valence-corrected chi connectivity index (χ0v) is 9.86. The van der Waals surface area contributed by atoms with Gasteiger partial charge in [0.25, 0.3) is 0 Å². The molecule has 2 nitrogen and oxygen atoms in total. The number of esters is 1. The van der Waals surface area contributed by atoms with Crippen molar-refractivity contribution < 1.29 is 9.53 Å². The normalized spacial score (nSPS) is 10.0. The van der Waals surface area contributed by atoms with Crippen molar-refractivity contribution in [2.45, 2.75) is 13.8 Å². The third-order valence-electron chi connectivity index (χ3n) is 2.47. The van der Waals surface area contributed by atoms with E-state index in [0.29, 0.717) is 5.75 Å². The van der Waals surface area contributed by atoms with Crippen molar-refractivity contribution in [2.24, 2.45) is 0 Å². The van der Waals surface area contributed by atoms with E-state index in [0.717, 1.165) is 16.7 Å². The van der Waals surface area contributed by atoms with Crippen molar-refractivity contribution >= 4 is 5.97 Å². The van der Waals surface area contributed by atoms with Gasteiger partial charge in [-0.15, -0.1) is 0 Å². The summed E-state index contributed by atoms with van der Waals surface area (Å²) in [6, 6.07) is 16.5. The molecule has 0 amide bonds. The van der Waals surface area contributed by atoms with Crippen molar-refractivity contribution in [2.75, 3.05) is 0 Å². The van der Waals surface area contributed by atoms with Crippen LogP contribution in [0, 0.1) is 13.0 Å². The second-order valence-electron chi connectivity index (χ2n) is 3.83. The molecule has 85 valence electrons. The van der Waals surface area contributed by atoms with Crippen LogP contribution in [0.4, 0.5) is 0 Å². The van der Waals surface area contributed by atoms with Gasteiger partial charge in [0.2, 0.25) is 0 Å². The SMILES string of the molecule is CC(=O)Oc1cccc(-c2ccc[c]c2C)c1. The molecule has 2 aromatic rings. The molecule has 0 bridgehead atoms. The highest BCUT2D eigenvalue weighted by Gasteiger charge is 2.03. The molecule has 17 heavy (non-hydrogen) atoms. The first-order chi connectivity index (χ1) is 8.16. The quantitative estimate of drug-likeness (QED) is 0.578. The van der Waals surface area contributed by atoms with E-state index in [9.17, 15) is 4.79 Å². The lowest BCUT2D eigenvalue weighted by molar-refractivity contribution is -0.131. The smallest absolute Gasteiger partial charge is 0.308 e. The fourth-order valence-corrected chi connectivity index (χ4v) is 1.73. The van der Waals surface area contributed by atoms with Crippen LogP contribution in [0.5, 0.6) is 5.75 Å². The summed E-state index contributed by atoms with van der Waals surface area (Å²) in [6.07, 6.45) is 0. The number of hydrogen-bond acceptors (Lipinski definition) is 2. The molecule has 0 aliphatic rings. The number of carbonyl (C=O) groups excluding carboxylic acids is 1. The van der Waals surface area contributed by atoms with Gasteiger partial charge in [-0.25, -0.2) is 0 Å². The summed E-state index contributed by atoms with van der Waals surface area (Å²) in [4.78, 5) is 10.9. The average Bonchev–Trinajstić information content (AvgIpc) is 2.29. The minimum Gasteiger partial charge on any atom is -0.427 e. The Balaban J connectivity index is 2.40. The maximum Gasteiger partial charge on any atom is 0.308 e. The highest BCUT2D eigenvalue weighted by Crippen LogP contribution is 2.26. The maximum absolute atomic E-state index is 10.9. The first-order valence-corrected chi connectivity index (χ1v) is 5.43. The predicted molar refractivity (Wildman–Crippen MR) is 66.8 cm³/mol. The molecule has 0 spiro atoms. The number of aryl methyl sites for hydroxylation is 1. The van der Waals surface area contributed by atoms with E-state index in [1.807, 2.05) is 43.3 Å². The van der Waals surface area contributed by atoms with Crippen molar-refractivity contribution in [3.05, 3.63) is 54.1 Å². The average molecular weight is 225 g/mol. The molecule has 0 unspecified atom stereocenters. The van der Waals surface area contributed by atoms with Crippen molar-refractivity contribution in [1.29, 1.82) is 0 Å². The van der Waals surface area contributed by atoms with Gasteiger partial charge in [-0.2, -0.15) is 0 Å². The second kappa shape index (κ2) is 4.83. The number of ether oxygens (including phenoxy) is 1. The van der Waals surface area contributed by atoms with Crippen LogP contribution in [0.1, 0.15) is 12.5 Å². The molecule has 0 saturated heterocycles. The minimum absolute atomic E-state index is 0.307. The van der Waals surface area contributed by atoms with E-state index in [1.165, 1.54) is 6.92 Å². The molecule has 0 aliphatic heterocycles. The molecule has 2 aromatic carbocycles. The highest BCUT2D eigenvalue weighted by atomic mass is 16.5. The van der Waals surface area contributed by atoms with E-state index >= 15 is 0 Å². The summed E-state index contributed by atoms with van der Waals surface area (Å²) in [5.41, 5.74) is 3.20. The highest BCUT2D eigenvalue weighted by molar-refractivity contribution is 5.72. The van der Waals surface area contributed by atoms with Crippen molar-refractivity contribution in [1.82, 2.24) is 0 Å². The standard InChI is InChI=1S/C15H13O2/c1-11-6-3-4-9-15(11)13-7-5-8-14(10-13)17-12(2)16/h3-5,7-10H,1-2H3. The molecule has 0 aliphatic carbocycles. The summed E-state index contributed by atoms with van der Waals surface area (Å²) in [5.74, 6) is 0.261. The zero-order chi connectivity index (χ0) is 12.3. The van der Waals surface area contributed by atoms with E-state index in [2.05, 4.69) is 6.07 Å². The lowest BCUT2D eigenvalue weighted by Gasteiger charge is -2.07. The number of hydrogen-bond donors (Lipinski definition) is 0. The van der Waals surface area contributed by atoms with E-state index in [-0.39, 0.29) is 5.97 Å². The Kier molecular flexibility index (Phi) is 3.24. The van der Waals surface area contributed by atoms with Gasteiger partial charge in [0.1, 0.15) is 5.75 Å². The van der Waals surface area contributed by atoms with Gasteiger partial charge in [0.05, 0.1) is 0 Å². The van der Waals surface area contributed by atoms with E-state index in [4.69, 9.17) is 4.74 Å². The van der Waals surface area contributed by atoms with Gasteiger partial charge < -0.3 is 4.74 Å². The van der Waals surface area contributed by atoms with Crippen LogP contribution in [0.3, 0.4) is 0 Å². The first-order valence-electron chi connectivity index (χ1n) is 5.43. The maximum atomic E-state index is 10.9. The van der Waals surface area contributed by atoms with Crippen LogP contribution < -0.4 is 4.74 Å². The van der Waals surface area contributed by atoms with Gasteiger partial charge in [-0.3, -0.25) is 4.79 Å². The fraction of sp³-hybridized carbons (Fsp3) is 0.133. The van der Waals surface area contributed by atoms with Crippen molar-refractivity contribution in [3.63, 3.8) is 0 Å². The number of benzene rings is 2. The third kappa shape index (κ3) is 2.72. The van der Waals surface area contributed by atoms with E-state index in [1.54, 1.807) is 6.07 Å². The third-order valence-corrected chi connectivity index (χ3v) is 2.47. The molecule has 1 radical (unpaired) electrons. The van der Waals surface area contributed by atoms with Gasteiger partial charge in [-0.05, 0) is 41.8 Å². The Labute approximate surface area is 101 Å². The molecular weight excluding hydrogens is 212 g/mol. The molecule has 2 rings (SSSR count). The Morgan fingerprint density at radius 3 is 2.76 bits per heavy atom.